The van der Waals surface area contributed by atoms with Gasteiger partial charge in [0.2, 0.25) is 0 Å². The lowest BCUT2D eigenvalue weighted by molar-refractivity contribution is -0.189. The van der Waals surface area contributed by atoms with Gasteiger partial charge < -0.3 is 24.4 Å². The fourth-order valence-corrected chi connectivity index (χ4v) is 3.47. The Morgan fingerprint density at radius 3 is 2.80 bits per heavy atom. The van der Waals surface area contributed by atoms with Crippen molar-refractivity contribution in [3.63, 3.8) is 0 Å². The Kier molecular flexibility index (Phi) is 5.81. The van der Waals surface area contributed by atoms with Gasteiger partial charge in [0, 0.05) is 19.0 Å². The van der Waals surface area contributed by atoms with Crippen molar-refractivity contribution in [2.75, 3.05) is 32.8 Å². The van der Waals surface area contributed by atoms with E-state index < -0.39 is 5.79 Å². The minimum atomic E-state index is -0.553. The minimum Gasteiger partial charge on any atom is -0.489 e. The molecule has 2 heterocycles. The Hall–Kier alpha value is -1.79. The SMILES string of the molecule is CC(CNC(=O)N1CCCC(C2(C)OCCO2)C1)Oc1ccccc1. The second-order valence-electron chi connectivity index (χ2n) is 6.93. The number of hydrogen-bond acceptors (Lipinski definition) is 4. The van der Waals surface area contributed by atoms with E-state index in [-0.39, 0.29) is 18.1 Å². The predicted molar refractivity (Wildman–Crippen MR) is 94.5 cm³/mol. The van der Waals surface area contributed by atoms with E-state index in [1.54, 1.807) is 0 Å². The second kappa shape index (κ2) is 8.06. The molecule has 2 aliphatic heterocycles. The summed E-state index contributed by atoms with van der Waals surface area (Å²) in [6.07, 6.45) is 1.90. The zero-order valence-electron chi connectivity index (χ0n) is 15.1. The van der Waals surface area contributed by atoms with Gasteiger partial charge in [-0.3, -0.25) is 0 Å². The molecule has 25 heavy (non-hydrogen) atoms. The van der Waals surface area contributed by atoms with E-state index in [4.69, 9.17) is 14.2 Å². The summed E-state index contributed by atoms with van der Waals surface area (Å²) in [5.41, 5.74) is 0. The number of hydrogen-bond donors (Lipinski definition) is 1. The summed E-state index contributed by atoms with van der Waals surface area (Å²) in [5, 5.41) is 2.98. The zero-order valence-corrected chi connectivity index (χ0v) is 15.1. The standard InChI is InChI=1S/C19H28N2O4/c1-15(25-17-8-4-3-5-9-17)13-20-18(22)21-10-6-7-16(14-21)19(2)23-11-12-24-19/h3-5,8-9,15-16H,6-7,10-14H2,1-2H3,(H,20,22). The van der Waals surface area contributed by atoms with E-state index in [1.807, 2.05) is 49.1 Å². The maximum absolute atomic E-state index is 12.5. The number of rotatable bonds is 5. The highest BCUT2D eigenvalue weighted by atomic mass is 16.7. The van der Waals surface area contributed by atoms with Gasteiger partial charge in [0.1, 0.15) is 11.9 Å². The van der Waals surface area contributed by atoms with E-state index in [0.717, 1.165) is 25.1 Å². The molecule has 2 atom stereocenters. The van der Waals surface area contributed by atoms with Crippen LogP contribution >= 0.6 is 0 Å². The smallest absolute Gasteiger partial charge is 0.317 e. The van der Waals surface area contributed by atoms with Crippen molar-refractivity contribution >= 4 is 6.03 Å². The van der Waals surface area contributed by atoms with Gasteiger partial charge in [-0.2, -0.15) is 0 Å². The minimum absolute atomic E-state index is 0.0465. The van der Waals surface area contributed by atoms with Crippen LogP contribution in [0.4, 0.5) is 4.79 Å². The van der Waals surface area contributed by atoms with Crippen molar-refractivity contribution in [3.8, 4) is 5.75 Å². The van der Waals surface area contributed by atoms with E-state index >= 15 is 0 Å². The van der Waals surface area contributed by atoms with Crippen LogP contribution in [0.2, 0.25) is 0 Å². The van der Waals surface area contributed by atoms with Crippen LogP contribution in [0.3, 0.4) is 0 Å². The topological polar surface area (TPSA) is 60.0 Å². The molecule has 2 amide bonds. The van der Waals surface area contributed by atoms with Gasteiger partial charge in [0.15, 0.2) is 5.79 Å². The number of carbonyl (C=O) groups excluding carboxylic acids is 1. The Labute approximate surface area is 149 Å². The van der Waals surface area contributed by atoms with Gasteiger partial charge >= 0.3 is 6.03 Å². The Morgan fingerprint density at radius 2 is 2.08 bits per heavy atom. The first-order valence-electron chi connectivity index (χ1n) is 9.09. The fraction of sp³-hybridized carbons (Fsp3) is 0.632. The van der Waals surface area contributed by atoms with Crippen LogP contribution in [0.1, 0.15) is 26.7 Å². The molecule has 1 aromatic rings. The summed E-state index contributed by atoms with van der Waals surface area (Å²) < 4.78 is 17.3. The Bertz CT molecular complexity index is 560. The summed E-state index contributed by atoms with van der Waals surface area (Å²) >= 11 is 0. The van der Waals surface area contributed by atoms with Crippen LogP contribution in [0.5, 0.6) is 5.75 Å². The van der Waals surface area contributed by atoms with Crippen LogP contribution in [0.15, 0.2) is 30.3 Å². The third-order valence-corrected chi connectivity index (χ3v) is 4.93. The van der Waals surface area contributed by atoms with Gasteiger partial charge in [0.25, 0.3) is 0 Å². The molecule has 2 unspecified atom stereocenters. The number of nitrogens with one attached hydrogen (secondary N) is 1. The lowest BCUT2D eigenvalue weighted by atomic mass is 9.90. The highest BCUT2D eigenvalue weighted by Crippen LogP contribution is 2.34. The molecule has 0 spiro atoms. The van der Waals surface area contributed by atoms with Gasteiger partial charge in [-0.25, -0.2) is 4.79 Å². The maximum atomic E-state index is 12.5. The van der Waals surface area contributed by atoms with Gasteiger partial charge in [0.05, 0.1) is 19.8 Å². The monoisotopic (exact) mass is 348 g/mol. The van der Waals surface area contributed by atoms with Crippen molar-refractivity contribution in [3.05, 3.63) is 30.3 Å². The Balaban J connectivity index is 1.46. The van der Waals surface area contributed by atoms with E-state index in [1.165, 1.54) is 0 Å². The maximum Gasteiger partial charge on any atom is 0.317 e. The third-order valence-electron chi connectivity index (χ3n) is 4.93. The highest BCUT2D eigenvalue weighted by molar-refractivity contribution is 5.74. The van der Waals surface area contributed by atoms with Gasteiger partial charge in [-0.15, -0.1) is 0 Å². The quantitative estimate of drug-likeness (QED) is 0.889. The number of amides is 2. The number of urea groups is 1. The van der Waals surface area contributed by atoms with Crippen molar-refractivity contribution in [1.82, 2.24) is 10.2 Å². The molecule has 0 aromatic heterocycles. The predicted octanol–water partition coefficient (Wildman–Crippen LogP) is 2.64. The molecule has 6 heteroatoms. The molecule has 1 N–H and O–H groups in total. The lowest BCUT2D eigenvalue weighted by Gasteiger charge is -2.39. The largest absolute Gasteiger partial charge is 0.489 e. The molecule has 0 saturated carbocycles. The molecule has 0 bridgehead atoms. The summed E-state index contributed by atoms with van der Waals surface area (Å²) in [7, 11) is 0. The van der Waals surface area contributed by atoms with Crippen molar-refractivity contribution in [2.45, 2.75) is 38.6 Å². The molecule has 6 nitrogen and oxygen atoms in total. The Morgan fingerprint density at radius 1 is 1.36 bits per heavy atom. The number of piperidine rings is 1. The number of para-hydroxylation sites is 1. The molecular formula is C19H28N2O4. The van der Waals surface area contributed by atoms with Crippen LogP contribution in [-0.2, 0) is 9.47 Å². The fourth-order valence-electron chi connectivity index (χ4n) is 3.47. The van der Waals surface area contributed by atoms with Gasteiger partial charge in [-0.05, 0) is 38.8 Å². The van der Waals surface area contributed by atoms with E-state index in [2.05, 4.69) is 5.32 Å². The lowest BCUT2D eigenvalue weighted by Crippen LogP contribution is -2.52. The summed E-state index contributed by atoms with van der Waals surface area (Å²) in [6, 6.07) is 9.59. The van der Waals surface area contributed by atoms with Crippen LogP contribution in [0, 0.1) is 5.92 Å². The second-order valence-corrected chi connectivity index (χ2v) is 6.93. The number of likely N-dealkylation sites (tertiary alicyclic amines) is 1. The summed E-state index contributed by atoms with van der Waals surface area (Å²) in [5.74, 6) is 0.473. The molecule has 1 aromatic carbocycles. The van der Waals surface area contributed by atoms with Crippen molar-refractivity contribution < 1.29 is 19.0 Å². The van der Waals surface area contributed by atoms with Gasteiger partial charge in [-0.1, -0.05) is 18.2 Å². The molecule has 2 aliphatic rings. The number of carbonyl (C=O) groups is 1. The number of nitrogens with zero attached hydrogens (tertiary/aromatic N) is 1. The molecule has 2 fully saturated rings. The normalized spacial score (nSPS) is 23.9. The van der Waals surface area contributed by atoms with Crippen LogP contribution in [0.25, 0.3) is 0 Å². The first-order valence-corrected chi connectivity index (χ1v) is 9.09. The molecular weight excluding hydrogens is 320 g/mol. The van der Waals surface area contributed by atoms with E-state index in [9.17, 15) is 4.79 Å². The summed E-state index contributed by atoms with van der Waals surface area (Å²) in [6.45, 7) is 7.11. The zero-order chi connectivity index (χ0) is 17.7. The highest BCUT2D eigenvalue weighted by Gasteiger charge is 2.42. The molecule has 0 radical (unpaired) electrons. The van der Waals surface area contributed by atoms with Crippen LogP contribution in [-0.4, -0.2) is 55.7 Å². The summed E-state index contributed by atoms with van der Waals surface area (Å²) in [4.78, 5) is 14.4. The van der Waals surface area contributed by atoms with Crippen molar-refractivity contribution in [2.24, 2.45) is 5.92 Å². The average Bonchev–Trinajstić information content (AvgIpc) is 3.09. The first-order chi connectivity index (χ1) is 12.1. The number of ether oxygens (including phenoxy) is 3. The van der Waals surface area contributed by atoms with Crippen molar-refractivity contribution in [1.29, 1.82) is 0 Å². The molecule has 0 aliphatic carbocycles. The van der Waals surface area contributed by atoms with E-state index in [0.29, 0.717) is 26.3 Å². The first kappa shape index (κ1) is 18.0. The molecule has 3 rings (SSSR count). The average molecular weight is 348 g/mol. The number of benzene rings is 1. The molecule has 138 valence electrons. The molecule has 2 saturated heterocycles. The third kappa shape index (κ3) is 4.64. The van der Waals surface area contributed by atoms with Crippen LogP contribution < -0.4 is 10.1 Å².